The summed E-state index contributed by atoms with van der Waals surface area (Å²) >= 11 is 0. The number of aliphatic hydroxyl groups excluding tert-OH is 2. The van der Waals surface area contributed by atoms with E-state index >= 15 is 0 Å². The zero-order valence-corrected chi connectivity index (χ0v) is 11.3. The minimum Gasteiger partial charge on any atom is -0.550 e. The van der Waals surface area contributed by atoms with Gasteiger partial charge in [-0.25, -0.2) is 0 Å². The number of rotatable bonds is 4. The second-order valence-corrected chi connectivity index (χ2v) is 2.53. The summed E-state index contributed by atoms with van der Waals surface area (Å²) in [7, 11) is 0. The molecule has 0 aromatic rings. The molecule has 0 saturated heterocycles. The Labute approximate surface area is 99.7 Å². The van der Waals surface area contributed by atoms with Crippen molar-refractivity contribution in [2.24, 2.45) is 5.73 Å². The summed E-state index contributed by atoms with van der Waals surface area (Å²) in [6.07, 6.45) is -1.27. The molecule has 0 aromatic carbocycles. The van der Waals surface area contributed by atoms with Crippen LogP contribution in [0.3, 0.4) is 0 Å². The van der Waals surface area contributed by atoms with Gasteiger partial charge in [0.15, 0.2) is 0 Å². The third kappa shape index (κ3) is 19.7. The topological polar surface area (TPSA) is 147 Å². The molecule has 2 atom stereocenters. The van der Waals surface area contributed by atoms with Crippen LogP contribution in [0, 0.1) is 0 Å². The van der Waals surface area contributed by atoms with E-state index in [0.717, 1.165) is 0 Å². The van der Waals surface area contributed by atoms with Gasteiger partial charge >= 0.3 is 19.5 Å². The molecule has 0 aromatic heterocycles. The molecule has 15 heavy (non-hydrogen) atoms. The van der Waals surface area contributed by atoms with Crippen molar-refractivity contribution in [1.82, 2.24) is 0 Å². The van der Waals surface area contributed by atoms with Crippen LogP contribution in [0.15, 0.2) is 0 Å². The fraction of sp³-hybridized carbons (Fsp3) is 0.714. The average molecular weight is 273 g/mol. The number of carboxylic acid groups (broad SMARTS) is 2. The van der Waals surface area contributed by atoms with E-state index in [2.05, 4.69) is 0 Å². The summed E-state index contributed by atoms with van der Waals surface area (Å²) in [5, 5.41) is 35.3. The van der Waals surface area contributed by atoms with Crippen molar-refractivity contribution in [1.29, 1.82) is 0 Å². The zero-order valence-electron chi connectivity index (χ0n) is 8.38. The van der Waals surface area contributed by atoms with Crippen LogP contribution in [-0.4, -0.2) is 40.9 Å². The summed E-state index contributed by atoms with van der Waals surface area (Å²) in [4.78, 5) is 19.3. The predicted molar refractivity (Wildman–Crippen MR) is 41.4 cm³/mol. The van der Waals surface area contributed by atoms with E-state index in [9.17, 15) is 19.8 Å². The van der Waals surface area contributed by atoms with Crippen molar-refractivity contribution < 1.29 is 49.5 Å². The molecule has 0 amide bonds. The van der Waals surface area contributed by atoms with Crippen molar-refractivity contribution >= 4 is 11.9 Å². The molecule has 84 valence electrons. The minimum atomic E-state index is -1.58. The Kier molecular flexibility index (Phi) is 15.3. The summed E-state index contributed by atoms with van der Waals surface area (Å²) in [6.45, 7) is 1.39. The molecule has 0 spiro atoms. The SMILES string of the molecule is CC(O)CO.N[C@@H](CC(=O)[O-])C(=O)[O-].[Zn+2]. The van der Waals surface area contributed by atoms with Crippen LogP contribution < -0.4 is 15.9 Å². The van der Waals surface area contributed by atoms with Gasteiger partial charge in [-0.1, -0.05) is 0 Å². The van der Waals surface area contributed by atoms with Gasteiger partial charge in [0, 0.05) is 18.4 Å². The van der Waals surface area contributed by atoms with E-state index in [0.29, 0.717) is 0 Å². The number of carbonyl (C=O) groups excluding carboxylic acids is 2. The van der Waals surface area contributed by atoms with Crippen molar-refractivity contribution in [2.75, 3.05) is 6.61 Å². The minimum absolute atomic E-state index is 0. The van der Waals surface area contributed by atoms with Gasteiger partial charge in [0.2, 0.25) is 0 Å². The summed E-state index contributed by atoms with van der Waals surface area (Å²) in [5.74, 6) is -3.08. The summed E-state index contributed by atoms with van der Waals surface area (Å²) in [6, 6.07) is -1.46. The molecule has 4 N–H and O–H groups in total. The average Bonchev–Trinajstić information content (AvgIpc) is 2.04. The van der Waals surface area contributed by atoms with E-state index in [-0.39, 0.29) is 26.1 Å². The van der Waals surface area contributed by atoms with E-state index < -0.39 is 30.5 Å². The van der Waals surface area contributed by atoms with E-state index in [1.54, 1.807) is 0 Å². The van der Waals surface area contributed by atoms with Crippen molar-refractivity contribution in [3.05, 3.63) is 0 Å². The third-order valence-electron chi connectivity index (χ3n) is 0.954. The molecule has 1 unspecified atom stereocenters. The van der Waals surface area contributed by atoms with Crippen LogP contribution in [0.25, 0.3) is 0 Å². The Morgan fingerprint density at radius 3 is 1.80 bits per heavy atom. The molecule has 0 fully saturated rings. The number of nitrogens with two attached hydrogens (primary N) is 1. The van der Waals surface area contributed by atoms with Crippen molar-refractivity contribution in [2.45, 2.75) is 25.5 Å². The van der Waals surface area contributed by atoms with E-state index in [1.807, 2.05) is 0 Å². The molecule has 0 rings (SSSR count). The number of hydrogen-bond acceptors (Lipinski definition) is 7. The fourth-order valence-corrected chi connectivity index (χ4v) is 0.263. The second-order valence-electron chi connectivity index (χ2n) is 2.53. The molecule has 0 radical (unpaired) electrons. The van der Waals surface area contributed by atoms with Crippen LogP contribution in [0.5, 0.6) is 0 Å². The molecule has 0 aliphatic heterocycles. The first kappa shape index (κ1) is 19.9. The van der Waals surface area contributed by atoms with Gasteiger partial charge in [-0.2, -0.15) is 0 Å². The van der Waals surface area contributed by atoms with Gasteiger partial charge in [0.1, 0.15) is 0 Å². The number of hydrogen-bond donors (Lipinski definition) is 3. The fourth-order valence-electron chi connectivity index (χ4n) is 0.263. The second kappa shape index (κ2) is 11.5. The number of carboxylic acids is 2. The normalized spacial score (nSPS) is 12.5. The Hall–Kier alpha value is -0.557. The smallest absolute Gasteiger partial charge is 0.550 e. The van der Waals surface area contributed by atoms with Crippen LogP contribution in [0.4, 0.5) is 0 Å². The maximum atomic E-state index is 9.71. The summed E-state index contributed by atoms with van der Waals surface area (Å²) in [5.41, 5.74) is 4.73. The largest absolute Gasteiger partial charge is 2.00 e. The molecular weight excluding hydrogens is 259 g/mol. The van der Waals surface area contributed by atoms with E-state index in [1.165, 1.54) is 6.92 Å². The Bertz CT molecular complexity index is 186. The number of aliphatic carboxylic acids is 2. The third-order valence-corrected chi connectivity index (χ3v) is 0.954. The van der Waals surface area contributed by atoms with Gasteiger partial charge < -0.3 is 35.7 Å². The molecule has 0 heterocycles. The summed E-state index contributed by atoms with van der Waals surface area (Å²) < 4.78 is 0. The Balaban J connectivity index is -0.000000208. The molecule has 0 aliphatic rings. The Morgan fingerprint density at radius 2 is 1.73 bits per heavy atom. The molecule has 7 nitrogen and oxygen atoms in total. The molecule has 0 saturated carbocycles. The van der Waals surface area contributed by atoms with Crippen LogP contribution in [-0.2, 0) is 29.1 Å². The monoisotopic (exact) mass is 271 g/mol. The molecule has 0 bridgehead atoms. The Morgan fingerprint density at radius 1 is 1.40 bits per heavy atom. The number of aliphatic hydroxyl groups is 2. The predicted octanol–water partition coefficient (Wildman–Crippen LogP) is -4.44. The van der Waals surface area contributed by atoms with Gasteiger partial charge in [0.25, 0.3) is 0 Å². The first-order chi connectivity index (χ1) is 6.31. The van der Waals surface area contributed by atoms with Crippen molar-refractivity contribution in [3.63, 3.8) is 0 Å². The standard InChI is InChI=1S/C4H7NO4.C3H8O2.Zn/c5-2(4(8)9)1-3(6)7;1-3(5)2-4;/h2H,1,5H2,(H,6,7)(H,8,9);3-5H,2H2,1H3;/q;;+2/p-2/t2-;;/m0../s1. The molecule has 0 aliphatic carbocycles. The van der Waals surface area contributed by atoms with E-state index in [4.69, 9.17) is 15.9 Å². The first-order valence-corrected chi connectivity index (χ1v) is 3.76. The maximum absolute atomic E-state index is 9.71. The van der Waals surface area contributed by atoms with Gasteiger partial charge in [-0.15, -0.1) is 0 Å². The molecule has 8 heteroatoms. The number of carbonyl (C=O) groups is 2. The van der Waals surface area contributed by atoms with Gasteiger partial charge in [0.05, 0.1) is 18.7 Å². The maximum Gasteiger partial charge on any atom is 2.00 e. The van der Waals surface area contributed by atoms with Gasteiger partial charge in [-0.05, 0) is 6.92 Å². The molecular formula is C7H13NO6Zn. The zero-order chi connectivity index (χ0) is 11.7. The quantitative estimate of drug-likeness (QED) is 0.437. The van der Waals surface area contributed by atoms with Gasteiger partial charge in [-0.3, -0.25) is 0 Å². The first-order valence-electron chi connectivity index (χ1n) is 3.76. The van der Waals surface area contributed by atoms with Crippen LogP contribution in [0.2, 0.25) is 0 Å². The van der Waals surface area contributed by atoms with Crippen molar-refractivity contribution in [3.8, 4) is 0 Å². The van der Waals surface area contributed by atoms with Crippen LogP contribution in [0.1, 0.15) is 13.3 Å². The van der Waals surface area contributed by atoms with Crippen LogP contribution >= 0.6 is 0 Å².